The van der Waals surface area contributed by atoms with Gasteiger partial charge in [-0.1, -0.05) is 12.1 Å². The number of nitrogens with zero attached hydrogens (tertiary/aromatic N) is 1. The van der Waals surface area contributed by atoms with Crippen LogP contribution in [0, 0.1) is 5.92 Å². The van der Waals surface area contributed by atoms with Gasteiger partial charge in [0.2, 0.25) is 0 Å². The normalized spacial score (nSPS) is 20.1. The lowest BCUT2D eigenvalue weighted by Gasteiger charge is -2.46. The Morgan fingerprint density at radius 1 is 1.00 bits per heavy atom. The van der Waals surface area contributed by atoms with Crippen LogP contribution in [0.5, 0.6) is 17.2 Å². The van der Waals surface area contributed by atoms with E-state index in [0.717, 1.165) is 44.5 Å². The SMILES string of the molecule is COc1ccc(CC2CCOC3(CCN(C(=O)c4ccc(OC)cc4OC)CC3)C2)cc1. The molecule has 0 N–H and O–H groups in total. The molecule has 0 aliphatic carbocycles. The van der Waals surface area contributed by atoms with Crippen LogP contribution < -0.4 is 14.2 Å². The number of ether oxygens (including phenoxy) is 4. The molecule has 6 heteroatoms. The minimum atomic E-state index is -0.115. The second kappa shape index (κ2) is 9.82. The van der Waals surface area contributed by atoms with E-state index in [9.17, 15) is 4.79 Å². The fourth-order valence-electron chi connectivity index (χ4n) is 5.01. The minimum absolute atomic E-state index is 0.00458. The topological polar surface area (TPSA) is 57.2 Å². The van der Waals surface area contributed by atoms with E-state index in [4.69, 9.17) is 18.9 Å². The molecule has 1 amide bonds. The molecule has 2 aliphatic rings. The third-order valence-corrected chi connectivity index (χ3v) is 6.88. The summed E-state index contributed by atoms with van der Waals surface area (Å²) in [5.41, 5.74) is 1.80. The molecule has 0 radical (unpaired) electrons. The van der Waals surface area contributed by atoms with Crippen molar-refractivity contribution in [3.05, 3.63) is 53.6 Å². The Labute approximate surface area is 190 Å². The molecule has 1 unspecified atom stereocenters. The van der Waals surface area contributed by atoms with Crippen LogP contribution in [0.4, 0.5) is 0 Å². The van der Waals surface area contributed by atoms with Gasteiger partial charge < -0.3 is 23.8 Å². The predicted molar refractivity (Wildman–Crippen MR) is 123 cm³/mol. The summed E-state index contributed by atoms with van der Waals surface area (Å²) in [5.74, 6) is 2.71. The molecule has 6 nitrogen and oxygen atoms in total. The van der Waals surface area contributed by atoms with Crippen LogP contribution in [0.3, 0.4) is 0 Å². The van der Waals surface area contributed by atoms with Gasteiger partial charge in [0.25, 0.3) is 5.91 Å². The number of likely N-dealkylation sites (tertiary alicyclic amines) is 1. The monoisotopic (exact) mass is 439 g/mol. The first-order valence-electron chi connectivity index (χ1n) is 11.3. The lowest BCUT2D eigenvalue weighted by Crippen LogP contribution is -2.51. The maximum atomic E-state index is 13.2. The Hall–Kier alpha value is -2.73. The fraction of sp³-hybridized carbons (Fsp3) is 0.500. The van der Waals surface area contributed by atoms with E-state index in [1.807, 2.05) is 17.0 Å². The predicted octanol–water partition coefficient (Wildman–Crippen LogP) is 4.36. The summed E-state index contributed by atoms with van der Waals surface area (Å²) in [6.45, 7) is 2.19. The average molecular weight is 440 g/mol. The highest BCUT2D eigenvalue weighted by atomic mass is 16.5. The maximum Gasteiger partial charge on any atom is 0.257 e. The summed E-state index contributed by atoms with van der Waals surface area (Å²) in [6.07, 6.45) is 4.93. The minimum Gasteiger partial charge on any atom is -0.497 e. The summed E-state index contributed by atoms with van der Waals surface area (Å²) in [6, 6.07) is 13.7. The fourth-order valence-corrected chi connectivity index (χ4v) is 5.01. The van der Waals surface area contributed by atoms with Gasteiger partial charge in [-0.2, -0.15) is 0 Å². The third-order valence-electron chi connectivity index (χ3n) is 6.88. The molecule has 2 aromatic rings. The molecule has 0 saturated carbocycles. The maximum absolute atomic E-state index is 13.2. The zero-order chi connectivity index (χ0) is 22.6. The number of hydrogen-bond acceptors (Lipinski definition) is 5. The van der Waals surface area contributed by atoms with E-state index >= 15 is 0 Å². The van der Waals surface area contributed by atoms with Gasteiger partial charge >= 0.3 is 0 Å². The molecule has 2 aromatic carbocycles. The Morgan fingerprint density at radius 3 is 2.34 bits per heavy atom. The highest BCUT2D eigenvalue weighted by molar-refractivity contribution is 5.97. The molecule has 2 fully saturated rings. The first-order valence-corrected chi connectivity index (χ1v) is 11.3. The first kappa shape index (κ1) is 22.5. The number of hydrogen-bond donors (Lipinski definition) is 0. The van der Waals surface area contributed by atoms with Crippen LogP contribution in [-0.4, -0.2) is 57.4 Å². The molecular formula is C26H33NO5. The molecule has 32 heavy (non-hydrogen) atoms. The molecule has 2 aliphatic heterocycles. The van der Waals surface area contributed by atoms with Crippen molar-refractivity contribution in [1.82, 2.24) is 4.90 Å². The van der Waals surface area contributed by atoms with Crippen LogP contribution in [-0.2, 0) is 11.2 Å². The van der Waals surface area contributed by atoms with E-state index in [2.05, 4.69) is 12.1 Å². The summed E-state index contributed by atoms with van der Waals surface area (Å²) < 4.78 is 22.3. The second-order valence-electron chi connectivity index (χ2n) is 8.80. The van der Waals surface area contributed by atoms with Crippen LogP contribution in [0.1, 0.15) is 41.6 Å². The lowest BCUT2D eigenvalue weighted by atomic mass is 9.77. The van der Waals surface area contributed by atoms with Gasteiger partial charge in [-0.25, -0.2) is 0 Å². The van der Waals surface area contributed by atoms with Crippen molar-refractivity contribution in [3.63, 3.8) is 0 Å². The highest BCUT2D eigenvalue weighted by Gasteiger charge is 2.41. The molecule has 0 aromatic heterocycles. The standard InChI is InChI=1S/C26H33NO5/c1-29-21-6-4-19(5-7-21)16-20-10-15-32-26(18-20)11-13-27(14-12-26)25(28)23-9-8-22(30-2)17-24(23)31-3/h4-9,17,20H,10-16,18H2,1-3H3. The molecule has 4 rings (SSSR count). The number of benzene rings is 2. The van der Waals surface area contributed by atoms with E-state index in [1.54, 1.807) is 39.5 Å². The number of methoxy groups -OCH3 is 3. The zero-order valence-corrected chi connectivity index (χ0v) is 19.3. The number of piperidine rings is 1. The molecule has 2 saturated heterocycles. The van der Waals surface area contributed by atoms with Gasteiger partial charge in [0.05, 0.1) is 32.5 Å². The molecular weight excluding hydrogens is 406 g/mol. The van der Waals surface area contributed by atoms with Gasteiger partial charge in [0.15, 0.2) is 0 Å². The summed E-state index contributed by atoms with van der Waals surface area (Å²) in [4.78, 5) is 15.1. The first-order chi connectivity index (χ1) is 15.6. The quantitative estimate of drug-likeness (QED) is 0.670. The van der Waals surface area contributed by atoms with Crippen molar-refractivity contribution in [2.24, 2.45) is 5.92 Å². The van der Waals surface area contributed by atoms with Gasteiger partial charge in [-0.15, -0.1) is 0 Å². The van der Waals surface area contributed by atoms with E-state index < -0.39 is 0 Å². The van der Waals surface area contributed by atoms with Gasteiger partial charge in [0, 0.05) is 25.8 Å². The highest BCUT2D eigenvalue weighted by Crippen LogP contribution is 2.39. The van der Waals surface area contributed by atoms with Crippen molar-refractivity contribution in [2.45, 2.75) is 37.7 Å². The van der Waals surface area contributed by atoms with Gasteiger partial charge in [-0.05, 0) is 67.9 Å². The van der Waals surface area contributed by atoms with Gasteiger partial charge in [-0.3, -0.25) is 4.79 Å². The molecule has 1 spiro atoms. The summed E-state index contributed by atoms with van der Waals surface area (Å²) >= 11 is 0. The number of rotatable bonds is 6. The number of carbonyl (C=O) groups excluding carboxylic acids is 1. The number of amides is 1. The van der Waals surface area contributed by atoms with Crippen molar-refractivity contribution in [1.29, 1.82) is 0 Å². The Balaban J connectivity index is 1.37. The van der Waals surface area contributed by atoms with Crippen LogP contribution in [0.2, 0.25) is 0 Å². The Morgan fingerprint density at radius 2 is 1.69 bits per heavy atom. The molecule has 2 heterocycles. The Kier molecular flexibility index (Phi) is 6.89. The van der Waals surface area contributed by atoms with Crippen molar-refractivity contribution >= 4 is 5.91 Å². The second-order valence-corrected chi connectivity index (χ2v) is 8.80. The van der Waals surface area contributed by atoms with E-state index in [-0.39, 0.29) is 11.5 Å². The molecule has 172 valence electrons. The van der Waals surface area contributed by atoms with Crippen molar-refractivity contribution in [2.75, 3.05) is 41.0 Å². The Bertz CT molecular complexity index is 918. The van der Waals surface area contributed by atoms with E-state index in [0.29, 0.717) is 36.1 Å². The number of carbonyl (C=O) groups is 1. The van der Waals surface area contributed by atoms with Gasteiger partial charge in [0.1, 0.15) is 17.2 Å². The smallest absolute Gasteiger partial charge is 0.257 e. The van der Waals surface area contributed by atoms with Crippen LogP contribution >= 0.6 is 0 Å². The average Bonchev–Trinajstić information content (AvgIpc) is 2.84. The lowest BCUT2D eigenvalue weighted by molar-refractivity contribution is -0.123. The zero-order valence-electron chi connectivity index (χ0n) is 19.3. The largest absolute Gasteiger partial charge is 0.497 e. The van der Waals surface area contributed by atoms with Crippen molar-refractivity contribution in [3.8, 4) is 17.2 Å². The van der Waals surface area contributed by atoms with Crippen LogP contribution in [0.15, 0.2) is 42.5 Å². The molecule has 1 atom stereocenters. The summed E-state index contributed by atoms with van der Waals surface area (Å²) in [7, 11) is 4.88. The van der Waals surface area contributed by atoms with Crippen molar-refractivity contribution < 1.29 is 23.7 Å². The molecule has 0 bridgehead atoms. The third kappa shape index (κ3) is 4.85. The van der Waals surface area contributed by atoms with Crippen LogP contribution in [0.25, 0.3) is 0 Å². The van der Waals surface area contributed by atoms with E-state index in [1.165, 1.54) is 5.56 Å². The summed E-state index contributed by atoms with van der Waals surface area (Å²) in [5, 5.41) is 0.